The molecule has 0 rings (SSSR count). The number of hydrogen-bond acceptors (Lipinski definition) is 6. The summed E-state index contributed by atoms with van der Waals surface area (Å²) in [5.41, 5.74) is 0. The molecular weight excluding hydrogens is 937 g/mol. The predicted molar refractivity (Wildman–Crippen MR) is 329 cm³/mol. The zero-order valence-corrected chi connectivity index (χ0v) is 49.2. The number of rotatable bonds is 55. The molecule has 430 valence electrons. The Bertz CT molecular complexity index is 1630. The maximum Gasteiger partial charge on any atom is 0.306 e. The molecule has 0 radical (unpaired) electrons. The van der Waals surface area contributed by atoms with Crippen molar-refractivity contribution in [2.75, 3.05) is 13.2 Å². The van der Waals surface area contributed by atoms with Gasteiger partial charge in [-0.25, -0.2) is 0 Å². The topological polar surface area (TPSA) is 78.9 Å². The molecule has 0 saturated carbocycles. The molecule has 0 saturated heterocycles. The van der Waals surface area contributed by atoms with Crippen LogP contribution >= 0.6 is 0 Å². The number of carbonyl (C=O) groups is 3. The van der Waals surface area contributed by atoms with Gasteiger partial charge in [-0.15, -0.1) is 0 Å². The molecule has 6 heteroatoms. The Morgan fingerprint density at radius 1 is 0.276 bits per heavy atom. The highest BCUT2D eigenvalue weighted by Crippen LogP contribution is 2.15. The molecule has 0 aromatic carbocycles. The van der Waals surface area contributed by atoms with E-state index in [0.717, 1.165) is 116 Å². The van der Waals surface area contributed by atoms with Gasteiger partial charge in [-0.05, 0) is 122 Å². The summed E-state index contributed by atoms with van der Waals surface area (Å²) < 4.78 is 16.8. The summed E-state index contributed by atoms with van der Waals surface area (Å²) in [6.45, 7) is 6.31. The van der Waals surface area contributed by atoms with Gasteiger partial charge in [0, 0.05) is 19.3 Å². The van der Waals surface area contributed by atoms with Crippen molar-refractivity contribution in [1.29, 1.82) is 0 Å². The van der Waals surface area contributed by atoms with Crippen LogP contribution in [0.1, 0.15) is 271 Å². The first-order valence-electron chi connectivity index (χ1n) is 31.2. The smallest absolute Gasteiger partial charge is 0.306 e. The molecule has 6 nitrogen and oxygen atoms in total. The quantitative estimate of drug-likeness (QED) is 0.0261. The minimum atomic E-state index is -0.822. The second-order valence-corrected chi connectivity index (χ2v) is 20.2. The number of ether oxygens (including phenoxy) is 3. The lowest BCUT2D eigenvalue weighted by molar-refractivity contribution is -0.166. The third-order valence-electron chi connectivity index (χ3n) is 12.9. The van der Waals surface area contributed by atoms with Gasteiger partial charge in [0.05, 0.1) is 0 Å². The van der Waals surface area contributed by atoms with Crippen molar-refractivity contribution in [3.05, 3.63) is 134 Å². The Balaban J connectivity index is 4.20. The third kappa shape index (κ3) is 60.4. The van der Waals surface area contributed by atoms with Gasteiger partial charge >= 0.3 is 17.9 Å². The Morgan fingerprint density at radius 3 is 0.868 bits per heavy atom. The van der Waals surface area contributed by atoms with Gasteiger partial charge in [-0.2, -0.15) is 0 Å². The van der Waals surface area contributed by atoms with Crippen LogP contribution in [0, 0.1) is 0 Å². The lowest BCUT2D eigenvalue weighted by Crippen LogP contribution is -2.30. The average Bonchev–Trinajstić information content (AvgIpc) is 3.42. The number of allylic oxidation sites excluding steroid dienone is 22. The van der Waals surface area contributed by atoms with Crippen LogP contribution in [0.2, 0.25) is 0 Å². The van der Waals surface area contributed by atoms with Crippen LogP contribution < -0.4 is 0 Å². The first kappa shape index (κ1) is 71.5. The average molecular weight is 1050 g/mol. The van der Waals surface area contributed by atoms with E-state index in [1.165, 1.54) is 109 Å². The van der Waals surface area contributed by atoms with E-state index in [1.807, 2.05) is 12.2 Å². The Labute approximate surface area is 468 Å². The Morgan fingerprint density at radius 2 is 0.539 bits per heavy atom. The van der Waals surface area contributed by atoms with Gasteiger partial charge in [-0.1, -0.05) is 264 Å². The number of esters is 3. The van der Waals surface area contributed by atoms with E-state index in [2.05, 4.69) is 142 Å². The lowest BCUT2D eigenvalue weighted by atomic mass is 10.0. The second-order valence-electron chi connectivity index (χ2n) is 20.2. The fourth-order valence-corrected chi connectivity index (χ4v) is 8.28. The van der Waals surface area contributed by atoms with Gasteiger partial charge in [0.1, 0.15) is 13.2 Å². The molecular formula is C70H114O6. The van der Waals surface area contributed by atoms with Gasteiger partial charge in [0.2, 0.25) is 0 Å². The standard InChI is InChI=1S/C70H114O6/c1-4-7-10-13-16-19-22-25-26-27-28-29-30-31-32-33-34-35-36-37-38-39-40-41-42-43-44-46-48-51-54-57-60-63-69(72)75-66-67(65-74-68(71)62-59-56-53-50-47-24-21-18-15-12-9-6-3)76-70(73)64-61-58-55-52-49-45-23-20-17-14-11-8-5-2/h7-8,10-11,16-21,25-26,28-29,31-32,34-35,45,49,55,58,67H,4-6,9,12-15,22-24,27,30,33,36-44,46-48,50-54,56-57,59-66H2,1-3H3/b10-7-,11-8-,19-16-,20-17-,21-18-,26-25-,29-28-,32-31-,35-34-,49-45-,58-55-. The molecule has 0 fully saturated rings. The number of unbranched alkanes of at least 4 members (excludes halogenated alkanes) is 22. The van der Waals surface area contributed by atoms with Crippen molar-refractivity contribution >= 4 is 17.9 Å². The molecule has 0 aliphatic carbocycles. The molecule has 76 heavy (non-hydrogen) atoms. The fraction of sp³-hybridized carbons (Fsp3) is 0.643. The molecule has 0 N–H and O–H groups in total. The normalized spacial score (nSPS) is 13.0. The molecule has 0 aliphatic heterocycles. The van der Waals surface area contributed by atoms with Crippen LogP contribution in [-0.2, 0) is 28.6 Å². The summed E-state index contributed by atoms with van der Waals surface area (Å²) in [5.74, 6) is -1.00. The van der Waals surface area contributed by atoms with Crippen LogP contribution in [0.25, 0.3) is 0 Å². The van der Waals surface area contributed by atoms with Crippen molar-refractivity contribution < 1.29 is 28.6 Å². The maximum atomic E-state index is 12.8. The second kappa shape index (κ2) is 63.1. The molecule has 0 spiro atoms. The van der Waals surface area contributed by atoms with Gasteiger partial charge in [0.25, 0.3) is 0 Å². The van der Waals surface area contributed by atoms with Crippen LogP contribution in [0.3, 0.4) is 0 Å². The number of carbonyl (C=O) groups excluding carboxylic acids is 3. The largest absolute Gasteiger partial charge is 0.462 e. The van der Waals surface area contributed by atoms with Crippen molar-refractivity contribution in [3.63, 3.8) is 0 Å². The molecule has 0 aliphatic rings. The first-order chi connectivity index (χ1) is 37.5. The minimum absolute atomic E-state index is 0.111. The van der Waals surface area contributed by atoms with Gasteiger partial charge in [-0.3, -0.25) is 14.4 Å². The minimum Gasteiger partial charge on any atom is -0.462 e. The summed E-state index contributed by atoms with van der Waals surface area (Å²) in [5, 5.41) is 0. The SMILES string of the molecule is CC/C=C\C/C=C\C/C=C\C/C=C\C/C=C\C/C=C\CCCCCCCCCCCCCCCCC(=O)OCC(COC(=O)CCCCCCC/C=C\CCCCC)OC(=O)CC/C=C\C/C=C\C/C=C\C/C=C\CC. The zero-order valence-electron chi connectivity index (χ0n) is 49.2. The number of hydrogen-bond donors (Lipinski definition) is 0. The molecule has 1 unspecified atom stereocenters. The van der Waals surface area contributed by atoms with E-state index in [9.17, 15) is 14.4 Å². The van der Waals surface area contributed by atoms with Crippen molar-refractivity contribution in [1.82, 2.24) is 0 Å². The van der Waals surface area contributed by atoms with E-state index in [4.69, 9.17) is 14.2 Å². The maximum absolute atomic E-state index is 12.8. The van der Waals surface area contributed by atoms with Crippen molar-refractivity contribution in [2.45, 2.75) is 277 Å². The predicted octanol–water partition coefficient (Wildman–Crippen LogP) is 21.4. The Hall–Kier alpha value is -4.45. The summed E-state index contributed by atoms with van der Waals surface area (Å²) in [6, 6.07) is 0. The molecule has 0 bridgehead atoms. The van der Waals surface area contributed by atoms with E-state index in [-0.39, 0.29) is 31.6 Å². The highest BCUT2D eigenvalue weighted by molar-refractivity contribution is 5.71. The van der Waals surface area contributed by atoms with Crippen LogP contribution in [0.4, 0.5) is 0 Å². The monoisotopic (exact) mass is 1050 g/mol. The summed E-state index contributed by atoms with van der Waals surface area (Å²) >= 11 is 0. The lowest BCUT2D eigenvalue weighted by Gasteiger charge is -2.18. The van der Waals surface area contributed by atoms with E-state index < -0.39 is 12.1 Å². The van der Waals surface area contributed by atoms with Crippen LogP contribution in [-0.4, -0.2) is 37.2 Å². The fourth-order valence-electron chi connectivity index (χ4n) is 8.28. The molecule has 0 aromatic heterocycles. The van der Waals surface area contributed by atoms with Crippen molar-refractivity contribution in [2.24, 2.45) is 0 Å². The van der Waals surface area contributed by atoms with Gasteiger partial charge in [0.15, 0.2) is 6.10 Å². The first-order valence-corrected chi connectivity index (χ1v) is 31.2. The van der Waals surface area contributed by atoms with E-state index >= 15 is 0 Å². The van der Waals surface area contributed by atoms with Crippen LogP contribution in [0.15, 0.2) is 134 Å². The molecule has 1 atom stereocenters. The van der Waals surface area contributed by atoms with E-state index in [1.54, 1.807) is 0 Å². The molecule has 0 aromatic rings. The van der Waals surface area contributed by atoms with Crippen molar-refractivity contribution in [3.8, 4) is 0 Å². The summed E-state index contributed by atoms with van der Waals surface area (Å²) in [7, 11) is 0. The summed E-state index contributed by atoms with van der Waals surface area (Å²) in [6.07, 6.45) is 89.2. The Kier molecular flexibility index (Phi) is 59.4. The van der Waals surface area contributed by atoms with E-state index in [0.29, 0.717) is 19.3 Å². The zero-order chi connectivity index (χ0) is 55.0. The van der Waals surface area contributed by atoms with Crippen LogP contribution in [0.5, 0.6) is 0 Å². The summed E-state index contributed by atoms with van der Waals surface area (Å²) in [4.78, 5) is 38.1. The van der Waals surface area contributed by atoms with Gasteiger partial charge < -0.3 is 14.2 Å². The highest BCUT2D eigenvalue weighted by Gasteiger charge is 2.19. The highest BCUT2D eigenvalue weighted by atomic mass is 16.6. The molecule has 0 heterocycles. The molecule has 0 amide bonds. The third-order valence-corrected chi connectivity index (χ3v) is 12.9.